The maximum absolute atomic E-state index is 12.5. The average molecular weight is 446 g/mol. The first kappa shape index (κ1) is 20.1. The smallest absolute Gasteiger partial charge is 0.275 e. The van der Waals surface area contributed by atoms with Crippen LogP contribution in [0, 0.1) is 12.3 Å². The van der Waals surface area contributed by atoms with Crippen LogP contribution in [0.4, 0.5) is 0 Å². The van der Waals surface area contributed by atoms with Gasteiger partial charge >= 0.3 is 0 Å². The number of fused-ring (bicyclic) bond motifs is 3. The van der Waals surface area contributed by atoms with E-state index >= 15 is 0 Å². The van der Waals surface area contributed by atoms with Gasteiger partial charge in [0, 0.05) is 28.5 Å². The Bertz CT molecular complexity index is 1330. The van der Waals surface area contributed by atoms with Crippen LogP contribution >= 0.6 is 11.8 Å². The van der Waals surface area contributed by atoms with Gasteiger partial charge in [0.15, 0.2) is 11.4 Å². The van der Waals surface area contributed by atoms with E-state index in [0.717, 1.165) is 27.3 Å². The first-order valence-corrected chi connectivity index (χ1v) is 11.0. The van der Waals surface area contributed by atoms with Crippen LogP contribution in [0.25, 0.3) is 0 Å². The van der Waals surface area contributed by atoms with E-state index in [4.69, 9.17) is 11.2 Å². The third-order valence-electron chi connectivity index (χ3n) is 5.58. The molecule has 32 heavy (non-hydrogen) atoms. The van der Waals surface area contributed by atoms with Crippen molar-refractivity contribution in [3.05, 3.63) is 87.3 Å². The second-order valence-electron chi connectivity index (χ2n) is 7.38. The Labute approximate surface area is 188 Å². The maximum atomic E-state index is 12.5. The molecular formula is C24H19N3O4S. The van der Waals surface area contributed by atoms with E-state index in [9.17, 15) is 14.7 Å². The van der Waals surface area contributed by atoms with Gasteiger partial charge in [-0.15, -0.1) is 18.2 Å². The molecule has 8 heteroatoms. The third kappa shape index (κ3) is 3.18. The first-order chi connectivity index (χ1) is 15.6. The molecule has 0 fully saturated rings. The summed E-state index contributed by atoms with van der Waals surface area (Å²) in [6.07, 6.45) is 6.96. The molecular weight excluding hydrogens is 426 g/mol. The molecule has 2 aromatic carbocycles. The molecule has 1 aromatic heterocycles. The standard InChI is InChI=1S/C24H19N3O4S/c1-2-12-31-18-8-5-6-15-13-32-19-9-4-3-7-16(19)21(20(15)18)27-14-25-24(30)22-23(29)17(28)10-11-26(22)27/h1,3-11,21,29H,12-14H2,(H,25,30)/t21-/m1/s1. The van der Waals surface area contributed by atoms with Gasteiger partial charge in [-0.1, -0.05) is 36.3 Å². The summed E-state index contributed by atoms with van der Waals surface area (Å²) in [7, 11) is 0. The lowest BCUT2D eigenvalue weighted by atomic mass is 9.93. The molecule has 7 nitrogen and oxygen atoms in total. The Morgan fingerprint density at radius 1 is 1.19 bits per heavy atom. The maximum Gasteiger partial charge on any atom is 0.275 e. The fourth-order valence-electron chi connectivity index (χ4n) is 4.20. The van der Waals surface area contributed by atoms with Crippen LogP contribution in [0.3, 0.4) is 0 Å². The highest BCUT2D eigenvalue weighted by Crippen LogP contribution is 2.45. The number of carbonyl (C=O) groups excluding carboxylic acids is 1. The van der Waals surface area contributed by atoms with Crippen molar-refractivity contribution in [2.24, 2.45) is 0 Å². The fourth-order valence-corrected chi connectivity index (χ4v) is 5.28. The number of pyridine rings is 1. The Morgan fingerprint density at radius 3 is 2.88 bits per heavy atom. The van der Waals surface area contributed by atoms with Gasteiger partial charge in [0.2, 0.25) is 5.43 Å². The second-order valence-corrected chi connectivity index (χ2v) is 8.39. The summed E-state index contributed by atoms with van der Waals surface area (Å²) in [6.45, 7) is 0.291. The molecule has 1 amide bonds. The molecule has 3 aromatic rings. The molecule has 2 aliphatic rings. The highest BCUT2D eigenvalue weighted by atomic mass is 32.2. The third-order valence-corrected chi connectivity index (χ3v) is 6.72. The van der Waals surface area contributed by atoms with Crippen LogP contribution < -0.4 is 20.5 Å². The number of rotatable bonds is 3. The fraction of sp³-hybridized carbons (Fsp3) is 0.167. The van der Waals surface area contributed by atoms with Gasteiger partial charge in [0.1, 0.15) is 25.1 Å². The Hall–Kier alpha value is -3.83. The summed E-state index contributed by atoms with van der Waals surface area (Å²) in [5.41, 5.74) is 2.33. The number of hydrogen-bond acceptors (Lipinski definition) is 6. The largest absolute Gasteiger partial charge is 0.502 e. The van der Waals surface area contributed by atoms with Gasteiger partial charge in [-0.25, -0.2) is 0 Å². The number of benzene rings is 2. The summed E-state index contributed by atoms with van der Waals surface area (Å²) in [4.78, 5) is 25.7. The predicted octanol–water partition coefficient (Wildman–Crippen LogP) is 2.60. The van der Waals surface area contributed by atoms with E-state index in [1.165, 1.54) is 12.3 Å². The minimum atomic E-state index is -0.608. The minimum Gasteiger partial charge on any atom is -0.502 e. The van der Waals surface area contributed by atoms with Crippen LogP contribution in [0.15, 0.2) is 64.4 Å². The first-order valence-electron chi connectivity index (χ1n) is 9.99. The quantitative estimate of drug-likeness (QED) is 0.603. The summed E-state index contributed by atoms with van der Waals surface area (Å²) in [6, 6.07) is 14.8. The van der Waals surface area contributed by atoms with Crippen molar-refractivity contribution in [1.29, 1.82) is 0 Å². The lowest BCUT2D eigenvalue weighted by Crippen LogP contribution is -2.53. The highest BCUT2D eigenvalue weighted by molar-refractivity contribution is 7.98. The van der Waals surface area contributed by atoms with Gasteiger partial charge in [0.05, 0.1) is 0 Å². The molecule has 0 radical (unpaired) electrons. The number of thioether (sulfide) groups is 1. The van der Waals surface area contributed by atoms with E-state index in [-0.39, 0.29) is 25.0 Å². The van der Waals surface area contributed by atoms with Crippen molar-refractivity contribution < 1.29 is 14.6 Å². The van der Waals surface area contributed by atoms with E-state index < -0.39 is 17.1 Å². The van der Waals surface area contributed by atoms with Crippen LogP contribution in [-0.4, -0.2) is 29.0 Å². The molecule has 160 valence electrons. The highest BCUT2D eigenvalue weighted by Gasteiger charge is 2.36. The number of carbonyl (C=O) groups is 1. The number of aromatic hydroxyl groups is 1. The van der Waals surface area contributed by atoms with Crippen molar-refractivity contribution in [1.82, 2.24) is 9.99 Å². The lowest BCUT2D eigenvalue weighted by Gasteiger charge is -2.40. The van der Waals surface area contributed by atoms with Crippen molar-refractivity contribution in [2.45, 2.75) is 16.7 Å². The number of nitrogens with one attached hydrogen (secondary N) is 1. The zero-order chi connectivity index (χ0) is 22.2. The molecule has 5 rings (SSSR count). The van der Waals surface area contributed by atoms with Crippen molar-refractivity contribution in [2.75, 3.05) is 18.3 Å². The summed E-state index contributed by atoms with van der Waals surface area (Å²) < 4.78 is 7.48. The number of hydrogen-bond donors (Lipinski definition) is 2. The second kappa shape index (κ2) is 8.02. The molecule has 0 aliphatic carbocycles. The van der Waals surface area contributed by atoms with Gasteiger partial charge in [-0.05, 0) is 23.3 Å². The Balaban J connectivity index is 1.78. The van der Waals surface area contributed by atoms with Crippen LogP contribution in [0.1, 0.15) is 33.2 Å². The van der Waals surface area contributed by atoms with Crippen molar-refractivity contribution in [3.63, 3.8) is 0 Å². The molecule has 2 aliphatic heterocycles. The summed E-state index contributed by atoms with van der Waals surface area (Å²) in [5, 5.41) is 15.1. The van der Waals surface area contributed by atoms with Crippen molar-refractivity contribution >= 4 is 17.7 Å². The van der Waals surface area contributed by atoms with Crippen molar-refractivity contribution in [3.8, 4) is 23.8 Å². The lowest BCUT2D eigenvalue weighted by molar-refractivity contribution is 0.0915. The van der Waals surface area contributed by atoms with Gasteiger partial charge in [-0.3, -0.25) is 19.3 Å². The normalized spacial score (nSPS) is 16.7. The molecule has 0 spiro atoms. The minimum absolute atomic E-state index is 0.0956. The average Bonchev–Trinajstić information content (AvgIpc) is 2.98. The zero-order valence-corrected chi connectivity index (χ0v) is 17.8. The molecule has 0 saturated carbocycles. The topological polar surface area (TPSA) is 83.8 Å². The number of nitrogens with zero attached hydrogens (tertiary/aromatic N) is 2. The SMILES string of the molecule is C#CCOc1cccc2c1[C@H](N1CNC(=O)c3c(O)c(=O)ccn31)c1ccccc1SC2. The van der Waals surface area contributed by atoms with Gasteiger partial charge in [-0.2, -0.15) is 0 Å². The van der Waals surface area contributed by atoms with Gasteiger partial charge < -0.3 is 15.2 Å². The van der Waals surface area contributed by atoms with Crippen LogP contribution in [0.2, 0.25) is 0 Å². The Morgan fingerprint density at radius 2 is 2.03 bits per heavy atom. The van der Waals surface area contributed by atoms with Crippen LogP contribution in [-0.2, 0) is 5.75 Å². The number of amides is 1. The number of ether oxygens (including phenoxy) is 1. The Kier molecular flexibility index (Phi) is 5.04. The number of aromatic nitrogens is 1. The molecule has 2 N–H and O–H groups in total. The van der Waals surface area contributed by atoms with Crippen LogP contribution in [0.5, 0.6) is 11.5 Å². The molecule has 0 bridgehead atoms. The summed E-state index contributed by atoms with van der Waals surface area (Å²) >= 11 is 1.72. The predicted molar refractivity (Wildman–Crippen MR) is 122 cm³/mol. The van der Waals surface area contributed by atoms with Gasteiger partial charge in [0.25, 0.3) is 5.91 Å². The molecule has 1 atom stereocenters. The van der Waals surface area contributed by atoms with E-state index in [1.807, 2.05) is 35.3 Å². The van der Waals surface area contributed by atoms with E-state index in [1.54, 1.807) is 16.4 Å². The number of terminal acetylenes is 1. The molecule has 3 heterocycles. The van der Waals surface area contributed by atoms with E-state index in [2.05, 4.69) is 23.4 Å². The van der Waals surface area contributed by atoms with E-state index in [0.29, 0.717) is 5.75 Å². The summed E-state index contributed by atoms with van der Waals surface area (Å²) in [5.74, 6) is 2.82. The molecule has 0 unspecified atom stereocenters. The zero-order valence-electron chi connectivity index (χ0n) is 16.9. The molecule has 0 saturated heterocycles. The monoisotopic (exact) mass is 445 g/mol.